The Balaban J connectivity index is 1.54. The summed E-state index contributed by atoms with van der Waals surface area (Å²) in [5.41, 5.74) is 1.60. The van der Waals surface area contributed by atoms with Gasteiger partial charge in [0.15, 0.2) is 0 Å². The van der Waals surface area contributed by atoms with E-state index in [0.717, 1.165) is 0 Å². The molecule has 3 atom stereocenters. The van der Waals surface area contributed by atoms with Gasteiger partial charge in [-0.3, -0.25) is 19.1 Å². The van der Waals surface area contributed by atoms with Crippen molar-refractivity contribution in [3.05, 3.63) is 112 Å². The average Bonchev–Trinajstić information content (AvgIpc) is 3.33. The topological polar surface area (TPSA) is 91.5 Å². The number of amides is 1. The molecule has 0 saturated carbocycles. The lowest BCUT2D eigenvalue weighted by molar-refractivity contribution is -0.274. The molecule has 2 heterocycles. The Bertz CT molecular complexity index is 1800. The summed E-state index contributed by atoms with van der Waals surface area (Å²) in [4.78, 5) is 36.7. The summed E-state index contributed by atoms with van der Waals surface area (Å²) >= 11 is 0. The predicted molar refractivity (Wildman–Crippen MR) is 164 cm³/mol. The van der Waals surface area contributed by atoms with Gasteiger partial charge in [0.2, 0.25) is 5.91 Å². The van der Waals surface area contributed by atoms with E-state index < -0.39 is 12.4 Å². The molecule has 1 aromatic heterocycles. The van der Waals surface area contributed by atoms with E-state index in [2.05, 4.69) is 41.7 Å². The average molecular weight is 616 g/mol. The van der Waals surface area contributed by atoms with Crippen molar-refractivity contribution in [2.45, 2.75) is 51.7 Å². The lowest BCUT2D eigenvalue weighted by Crippen LogP contribution is -2.45. The van der Waals surface area contributed by atoms with Crippen LogP contribution >= 0.6 is 0 Å². The Morgan fingerprint density at radius 1 is 1.02 bits per heavy atom. The molecule has 0 aliphatic carbocycles. The molecule has 1 amide bonds. The third-order valence-electron chi connectivity index (χ3n) is 8.04. The van der Waals surface area contributed by atoms with Gasteiger partial charge in [0.1, 0.15) is 11.6 Å². The number of aromatic nitrogens is 2. The van der Waals surface area contributed by atoms with Gasteiger partial charge in [0.05, 0.1) is 40.7 Å². The van der Waals surface area contributed by atoms with Gasteiger partial charge in [-0.05, 0) is 74.9 Å². The monoisotopic (exact) mass is 615 g/mol. The van der Waals surface area contributed by atoms with Gasteiger partial charge in [-0.25, -0.2) is 4.98 Å². The predicted octanol–water partition coefficient (Wildman–Crippen LogP) is 5.94. The third-order valence-corrected chi connectivity index (χ3v) is 8.04. The van der Waals surface area contributed by atoms with Crippen molar-refractivity contribution < 1.29 is 22.7 Å². The number of rotatable bonds is 9. The Labute approximate surface area is 258 Å². The van der Waals surface area contributed by atoms with E-state index in [-0.39, 0.29) is 35.7 Å². The van der Waals surface area contributed by atoms with E-state index in [1.807, 2.05) is 6.92 Å². The number of fused-ring (bicyclic) bond motifs is 1. The van der Waals surface area contributed by atoms with E-state index in [9.17, 15) is 28.0 Å². The number of halogens is 3. The second kappa shape index (κ2) is 13.0. The normalized spacial score (nSPS) is 17.3. The van der Waals surface area contributed by atoms with E-state index in [1.54, 1.807) is 53.4 Å². The summed E-state index contributed by atoms with van der Waals surface area (Å²) in [5.74, 6) is -0.320. The molecule has 0 radical (unpaired) electrons. The van der Waals surface area contributed by atoms with Crippen LogP contribution < -0.4 is 10.3 Å². The van der Waals surface area contributed by atoms with Crippen LogP contribution in [0, 0.1) is 11.3 Å². The van der Waals surface area contributed by atoms with Crippen LogP contribution in [-0.2, 0) is 11.2 Å². The first kappa shape index (κ1) is 31.5. The molecular formula is C34H32F3N5O3. The highest BCUT2D eigenvalue weighted by Crippen LogP contribution is 2.27. The van der Waals surface area contributed by atoms with Crippen LogP contribution in [0.4, 0.5) is 13.2 Å². The molecule has 0 bridgehead atoms. The van der Waals surface area contributed by atoms with Crippen molar-refractivity contribution >= 4 is 16.8 Å². The van der Waals surface area contributed by atoms with Crippen LogP contribution in [0.3, 0.4) is 0 Å². The van der Waals surface area contributed by atoms with Gasteiger partial charge in [-0.1, -0.05) is 36.4 Å². The van der Waals surface area contributed by atoms with Crippen molar-refractivity contribution in [1.29, 1.82) is 5.26 Å². The number of nitriles is 1. The quantitative estimate of drug-likeness (QED) is 0.217. The first-order valence-electron chi connectivity index (χ1n) is 14.6. The van der Waals surface area contributed by atoms with Crippen molar-refractivity contribution in [2.24, 2.45) is 0 Å². The standard InChI is InChI=1S/C34H32F3N5O3/c1-22-8-9-23(2)40(22)18-19-41(31(43)20-25-12-16-28(17-13-25)45-34(35,36)37)24(3)32-39-30-7-5-4-6-29(30)33(44)42(32)27-14-10-26(21-38)11-15-27/h4-17,22-24H,18-20H2,1-3H3/t22-,23?,24-/m1/s1. The molecule has 0 fully saturated rings. The number of carbonyl (C=O) groups is 1. The van der Waals surface area contributed by atoms with E-state index in [4.69, 9.17) is 4.98 Å². The molecule has 1 unspecified atom stereocenters. The molecule has 1 aliphatic heterocycles. The van der Waals surface area contributed by atoms with Crippen LogP contribution in [0.2, 0.25) is 0 Å². The van der Waals surface area contributed by atoms with Crippen molar-refractivity contribution in [2.75, 3.05) is 13.1 Å². The highest BCUT2D eigenvalue weighted by atomic mass is 19.4. The second-order valence-electron chi connectivity index (χ2n) is 11.0. The van der Waals surface area contributed by atoms with Crippen molar-refractivity contribution in [3.8, 4) is 17.5 Å². The lowest BCUT2D eigenvalue weighted by Gasteiger charge is -2.34. The number of benzene rings is 3. The zero-order valence-electron chi connectivity index (χ0n) is 25.0. The van der Waals surface area contributed by atoms with Gasteiger partial charge in [-0.15, -0.1) is 13.2 Å². The number of alkyl halides is 3. The smallest absolute Gasteiger partial charge is 0.406 e. The zero-order valence-corrected chi connectivity index (χ0v) is 25.0. The molecule has 5 rings (SSSR count). The number of carbonyl (C=O) groups excluding carboxylic acids is 1. The van der Waals surface area contributed by atoms with Gasteiger partial charge >= 0.3 is 6.36 Å². The summed E-state index contributed by atoms with van der Waals surface area (Å²) in [5, 5.41) is 9.71. The van der Waals surface area contributed by atoms with Crippen LogP contribution in [0.5, 0.6) is 5.75 Å². The summed E-state index contributed by atoms with van der Waals surface area (Å²) in [6, 6.07) is 20.5. The Hall–Kier alpha value is -4.95. The molecule has 0 spiro atoms. The van der Waals surface area contributed by atoms with Gasteiger partial charge < -0.3 is 9.64 Å². The van der Waals surface area contributed by atoms with Crippen LogP contribution in [0.25, 0.3) is 16.6 Å². The van der Waals surface area contributed by atoms with Crippen LogP contribution in [0.15, 0.2) is 89.7 Å². The highest BCUT2D eigenvalue weighted by Gasteiger charge is 2.32. The Morgan fingerprint density at radius 2 is 1.67 bits per heavy atom. The Morgan fingerprint density at radius 3 is 2.29 bits per heavy atom. The highest BCUT2D eigenvalue weighted by molar-refractivity contribution is 5.80. The number of ether oxygens (including phenoxy) is 1. The van der Waals surface area contributed by atoms with Crippen molar-refractivity contribution in [3.63, 3.8) is 0 Å². The molecular weight excluding hydrogens is 583 g/mol. The van der Waals surface area contributed by atoms with Crippen molar-refractivity contribution in [1.82, 2.24) is 19.4 Å². The number of para-hydroxylation sites is 1. The fraction of sp³-hybridized carbons (Fsp3) is 0.294. The van der Waals surface area contributed by atoms with Gasteiger partial charge in [-0.2, -0.15) is 5.26 Å². The summed E-state index contributed by atoms with van der Waals surface area (Å²) in [6.07, 6.45) is -0.689. The summed E-state index contributed by atoms with van der Waals surface area (Å²) < 4.78 is 43.4. The van der Waals surface area contributed by atoms with Gasteiger partial charge in [0.25, 0.3) is 5.56 Å². The maximum absolute atomic E-state index is 14.0. The maximum atomic E-state index is 14.0. The molecule has 11 heteroatoms. The molecule has 232 valence electrons. The summed E-state index contributed by atoms with van der Waals surface area (Å²) in [6.45, 7) is 6.81. The van der Waals surface area contributed by atoms with E-state index in [1.165, 1.54) is 28.8 Å². The zero-order chi connectivity index (χ0) is 32.3. The molecule has 4 aromatic rings. The molecule has 45 heavy (non-hydrogen) atoms. The molecule has 0 saturated heterocycles. The van der Waals surface area contributed by atoms with E-state index >= 15 is 0 Å². The minimum atomic E-state index is -4.82. The second-order valence-corrected chi connectivity index (χ2v) is 11.0. The summed E-state index contributed by atoms with van der Waals surface area (Å²) in [7, 11) is 0. The largest absolute Gasteiger partial charge is 0.573 e. The minimum Gasteiger partial charge on any atom is -0.406 e. The number of hydrogen-bond donors (Lipinski definition) is 0. The fourth-order valence-electron chi connectivity index (χ4n) is 5.67. The Kier molecular flexibility index (Phi) is 9.06. The molecule has 3 aromatic carbocycles. The first-order chi connectivity index (χ1) is 21.4. The van der Waals surface area contributed by atoms with Gasteiger partial charge in [0, 0.05) is 25.2 Å². The molecule has 0 N–H and O–H groups in total. The minimum absolute atomic E-state index is 0.0886. The number of hydrogen-bond acceptors (Lipinski definition) is 6. The number of nitrogens with zero attached hydrogens (tertiary/aromatic N) is 5. The molecule has 1 aliphatic rings. The lowest BCUT2D eigenvalue weighted by atomic mass is 10.1. The fourth-order valence-corrected chi connectivity index (χ4v) is 5.67. The molecule has 8 nitrogen and oxygen atoms in total. The van der Waals surface area contributed by atoms with Crippen LogP contribution in [0.1, 0.15) is 43.8 Å². The van der Waals surface area contributed by atoms with Crippen LogP contribution in [-0.4, -0.2) is 56.8 Å². The van der Waals surface area contributed by atoms with E-state index in [0.29, 0.717) is 46.6 Å². The maximum Gasteiger partial charge on any atom is 0.573 e. The SMILES string of the molecule is CC1C=C[C@@H](C)N1CCN(C(=O)Cc1ccc(OC(F)(F)F)cc1)[C@H](C)c1nc2ccccc2c(=O)n1-c1ccc(C#N)cc1. The first-order valence-corrected chi connectivity index (χ1v) is 14.6. The third kappa shape index (κ3) is 7.07.